The fourth-order valence-electron chi connectivity index (χ4n) is 5.14. The van der Waals surface area contributed by atoms with Gasteiger partial charge in [-0.2, -0.15) is 49.2 Å². The average molecular weight is 646 g/mol. The van der Waals surface area contributed by atoms with Gasteiger partial charge >= 0.3 is 18.5 Å². The Morgan fingerprint density at radius 3 is 1.40 bits per heavy atom. The summed E-state index contributed by atoms with van der Waals surface area (Å²) in [4.78, 5) is 2.30. The Morgan fingerprint density at radius 2 is 1.07 bits per heavy atom. The Bertz CT molecular complexity index is 1790. The first-order valence-corrected chi connectivity index (χ1v) is 12.7. The zero-order valence-corrected chi connectivity index (χ0v) is 23.4. The van der Waals surface area contributed by atoms with Gasteiger partial charge < -0.3 is 0 Å². The summed E-state index contributed by atoms with van der Waals surface area (Å²) >= 11 is 0. The van der Waals surface area contributed by atoms with Crippen LogP contribution in [-0.2, 0) is 18.5 Å². The van der Waals surface area contributed by atoms with Crippen molar-refractivity contribution in [3.63, 3.8) is 0 Å². The summed E-state index contributed by atoms with van der Waals surface area (Å²) in [5.41, 5.74) is -6.99. The van der Waals surface area contributed by atoms with E-state index in [9.17, 15) is 53.6 Å². The third-order valence-electron chi connectivity index (χ3n) is 7.27. The molecule has 0 amide bonds. The van der Waals surface area contributed by atoms with Crippen molar-refractivity contribution in [1.29, 1.82) is 5.26 Å². The minimum atomic E-state index is -5.60. The van der Waals surface area contributed by atoms with Gasteiger partial charge in [0.25, 0.3) is 0 Å². The van der Waals surface area contributed by atoms with Gasteiger partial charge in [0.15, 0.2) is 17.3 Å². The van der Waals surface area contributed by atoms with E-state index in [1.807, 2.05) is 0 Å². The van der Waals surface area contributed by atoms with Crippen LogP contribution >= 0.6 is 0 Å². The number of allylic oxidation sites excluding steroid dienone is 6. The Labute approximate surface area is 247 Å². The van der Waals surface area contributed by atoms with Gasteiger partial charge in [-0.25, -0.2) is 13.8 Å². The van der Waals surface area contributed by atoms with E-state index < -0.39 is 64.1 Å². The van der Waals surface area contributed by atoms with Crippen molar-refractivity contribution in [2.75, 3.05) is 0 Å². The molecule has 0 bridgehead atoms. The van der Waals surface area contributed by atoms with Crippen LogP contribution in [0.2, 0.25) is 0 Å². The molecule has 1 heterocycles. The highest BCUT2D eigenvalue weighted by Crippen LogP contribution is 2.57. The van der Waals surface area contributed by atoms with Crippen LogP contribution in [0.4, 0.5) is 52.7 Å². The van der Waals surface area contributed by atoms with Crippen molar-refractivity contribution in [3.05, 3.63) is 115 Å². The van der Waals surface area contributed by atoms with Gasteiger partial charge in [-0.1, -0.05) is 12.1 Å². The summed E-state index contributed by atoms with van der Waals surface area (Å²) in [5.74, 6) is -6.95. The van der Waals surface area contributed by atoms with Crippen LogP contribution in [0.25, 0.3) is 16.7 Å². The standard InChI is InChI=1S/C31H18F12N2/c1-12-9-16(29(35,36)37)5-7-18(12)14(3)21-22(15(4)19-8-6-17(10-13(19)2)30(38,39)40)23(21)20(11-44)24-25(32)27(31(41,42)43)45-28(34)26(24)33/h5-10H,1-4H3. The number of rotatable bonds is 3. The number of hydrogen-bond donors (Lipinski definition) is 0. The number of hydrogen-bond acceptors (Lipinski definition) is 2. The highest BCUT2D eigenvalue weighted by molar-refractivity contribution is 6.08. The third-order valence-corrected chi connectivity index (χ3v) is 7.27. The predicted molar refractivity (Wildman–Crippen MR) is 139 cm³/mol. The van der Waals surface area contributed by atoms with Crippen molar-refractivity contribution < 1.29 is 52.7 Å². The fourth-order valence-corrected chi connectivity index (χ4v) is 5.14. The molecule has 2 nitrogen and oxygen atoms in total. The molecule has 0 saturated heterocycles. The van der Waals surface area contributed by atoms with Crippen LogP contribution in [0.5, 0.6) is 0 Å². The maximum atomic E-state index is 15.2. The van der Waals surface area contributed by atoms with Crippen molar-refractivity contribution >= 4 is 16.7 Å². The largest absolute Gasteiger partial charge is 0.436 e. The molecule has 0 spiro atoms. The molecule has 1 aliphatic rings. The number of alkyl halides is 9. The second-order valence-electron chi connectivity index (χ2n) is 10.2. The van der Waals surface area contributed by atoms with E-state index in [0.29, 0.717) is 0 Å². The minimum absolute atomic E-state index is 0.0317. The zero-order valence-electron chi connectivity index (χ0n) is 23.4. The number of benzene rings is 2. The third kappa shape index (κ3) is 6.08. The molecule has 1 aliphatic carbocycles. The van der Waals surface area contributed by atoms with Crippen LogP contribution in [-0.4, -0.2) is 4.98 Å². The number of aryl methyl sites for hydroxylation is 2. The SMILES string of the molecule is CC(=C1C(=C(C)c2ccc(C(F)(F)F)cc2C)C1=C(C#N)c1c(F)c(F)nc(C(F)(F)F)c1F)c1ccc(C(F)(F)F)cc1C. The van der Waals surface area contributed by atoms with E-state index in [4.69, 9.17) is 0 Å². The van der Waals surface area contributed by atoms with E-state index in [0.717, 1.165) is 36.4 Å². The molecule has 0 unspecified atom stereocenters. The lowest BCUT2D eigenvalue weighted by molar-refractivity contribution is -0.144. The van der Waals surface area contributed by atoms with Crippen LogP contribution in [0, 0.1) is 42.8 Å². The van der Waals surface area contributed by atoms with Crippen LogP contribution in [0.1, 0.15) is 58.5 Å². The van der Waals surface area contributed by atoms with Gasteiger partial charge in [0.1, 0.15) is 6.07 Å². The molecule has 236 valence electrons. The first-order chi connectivity index (χ1) is 20.6. The van der Waals surface area contributed by atoms with E-state index >= 15 is 4.39 Å². The number of halogens is 12. The predicted octanol–water partition coefficient (Wildman–Crippen LogP) is 10.4. The number of pyridine rings is 1. The van der Waals surface area contributed by atoms with Gasteiger partial charge in [-0.15, -0.1) is 0 Å². The molecule has 3 aromatic rings. The van der Waals surface area contributed by atoms with E-state index in [1.165, 1.54) is 33.8 Å². The maximum Gasteiger partial charge on any atom is 0.436 e. The first kappa shape index (κ1) is 33.4. The van der Waals surface area contributed by atoms with Crippen LogP contribution in [0.3, 0.4) is 0 Å². The Morgan fingerprint density at radius 1 is 0.644 bits per heavy atom. The zero-order chi connectivity index (χ0) is 34.0. The lowest BCUT2D eigenvalue weighted by atomic mass is 9.96. The number of nitrogens with zero attached hydrogens (tertiary/aromatic N) is 2. The summed E-state index contributed by atoms with van der Waals surface area (Å²) in [6, 6.07) is 6.65. The second-order valence-corrected chi connectivity index (χ2v) is 10.2. The molecule has 0 aliphatic heterocycles. The van der Waals surface area contributed by atoms with Crippen LogP contribution < -0.4 is 0 Å². The lowest BCUT2D eigenvalue weighted by Gasteiger charge is -2.12. The maximum absolute atomic E-state index is 15.2. The van der Waals surface area contributed by atoms with Gasteiger partial charge in [0.2, 0.25) is 5.95 Å². The molecule has 45 heavy (non-hydrogen) atoms. The van der Waals surface area contributed by atoms with Crippen LogP contribution in [0.15, 0.2) is 53.1 Å². The minimum Gasteiger partial charge on any atom is -0.209 e. The molecule has 0 radical (unpaired) electrons. The summed E-state index contributed by atoms with van der Waals surface area (Å²) in [7, 11) is 0. The van der Waals surface area contributed by atoms with E-state index in [2.05, 4.69) is 4.98 Å². The molecule has 1 fully saturated rings. The topological polar surface area (TPSA) is 36.7 Å². The summed E-state index contributed by atoms with van der Waals surface area (Å²) in [6.07, 6.45) is -15.0. The first-order valence-electron chi connectivity index (χ1n) is 12.7. The average Bonchev–Trinajstić information content (AvgIpc) is 3.65. The smallest absolute Gasteiger partial charge is 0.209 e. The van der Waals surface area contributed by atoms with Gasteiger partial charge in [-0.3, -0.25) is 0 Å². The lowest BCUT2D eigenvalue weighted by Crippen LogP contribution is -2.16. The van der Waals surface area contributed by atoms with E-state index in [1.54, 1.807) is 0 Å². The van der Waals surface area contributed by atoms with Crippen molar-refractivity contribution in [2.45, 2.75) is 46.2 Å². The van der Waals surface area contributed by atoms with Crippen molar-refractivity contribution in [2.24, 2.45) is 0 Å². The Balaban J connectivity index is 2.11. The Kier molecular flexibility index (Phi) is 8.24. The Hall–Kier alpha value is -4.54. The molecular formula is C31H18F12N2. The molecule has 2 aromatic carbocycles. The molecule has 0 N–H and O–H groups in total. The van der Waals surface area contributed by atoms with E-state index in [-0.39, 0.29) is 50.1 Å². The van der Waals surface area contributed by atoms with Gasteiger partial charge in [0.05, 0.1) is 22.3 Å². The van der Waals surface area contributed by atoms with Crippen molar-refractivity contribution in [1.82, 2.24) is 4.98 Å². The molecule has 4 rings (SSSR count). The molecule has 1 aromatic heterocycles. The summed E-state index contributed by atoms with van der Waals surface area (Å²) in [5, 5.41) is 9.96. The number of nitriles is 1. The molecule has 0 atom stereocenters. The molecule has 1 saturated carbocycles. The summed E-state index contributed by atoms with van der Waals surface area (Å²) in [6.45, 7) is 5.35. The highest BCUT2D eigenvalue weighted by atomic mass is 19.4. The highest BCUT2D eigenvalue weighted by Gasteiger charge is 2.44. The molecular weight excluding hydrogens is 628 g/mol. The monoisotopic (exact) mass is 646 g/mol. The van der Waals surface area contributed by atoms with Gasteiger partial charge in [-0.05, 0) is 96.5 Å². The molecule has 14 heteroatoms. The summed E-state index contributed by atoms with van der Waals surface area (Å²) < 4.78 is 164. The fraction of sp³-hybridized carbons (Fsp3) is 0.226. The normalized spacial score (nSPS) is 16.0. The quantitative estimate of drug-likeness (QED) is 0.161. The second kappa shape index (κ2) is 11.1. The van der Waals surface area contributed by atoms with Gasteiger partial charge in [0, 0.05) is 5.57 Å². The van der Waals surface area contributed by atoms with Crippen molar-refractivity contribution in [3.8, 4) is 6.07 Å². The number of aromatic nitrogens is 1.